The summed E-state index contributed by atoms with van der Waals surface area (Å²) in [6.45, 7) is 6.68. The highest BCUT2D eigenvalue weighted by atomic mass is 16.5. The molecule has 1 N–H and O–H groups in total. The van der Waals surface area contributed by atoms with Crippen LogP contribution in [0.3, 0.4) is 0 Å². The maximum absolute atomic E-state index is 10.9. The number of aromatic carboxylic acids is 1. The molecule has 0 aliphatic carbocycles. The number of rotatable bonds is 8. The number of pyridine rings is 1. The molecule has 4 heteroatoms. The minimum Gasteiger partial charge on any atom is -0.478 e. The zero-order chi connectivity index (χ0) is 14.3. The Hall–Kier alpha value is -1.58. The Morgan fingerprint density at radius 1 is 1.42 bits per heavy atom. The summed E-state index contributed by atoms with van der Waals surface area (Å²) in [6, 6.07) is 3.18. The Morgan fingerprint density at radius 3 is 2.68 bits per heavy atom. The van der Waals surface area contributed by atoms with Gasteiger partial charge in [-0.1, -0.05) is 33.1 Å². The molecule has 1 rings (SSSR count). The molecule has 1 atom stereocenters. The fourth-order valence-electron chi connectivity index (χ4n) is 1.95. The molecule has 0 amide bonds. The molecule has 0 aromatic carbocycles. The summed E-state index contributed by atoms with van der Waals surface area (Å²) in [5.74, 6) is 0.101. The molecule has 1 heterocycles. The molecule has 0 saturated carbocycles. The summed E-state index contributed by atoms with van der Waals surface area (Å²) in [4.78, 5) is 15.1. The van der Waals surface area contributed by atoms with Crippen molar-refractivity contribution < 1.29 is 14.6 Å². The van der Waals surface area contributed by atoms with E-state index in [1.807, 2.05) is 0 Å². The van der Waals surface area contributed by atoms with Gasteiger partial charge in [-0.05, 0) is 25.3 Å². The van der Waals surface area contributed by atoms with Gasteiger partial charge in [0.1, 0.15) is 0 Å². The van der Waals surface area contributed by atoms with Gasteiger partial charge in [0, 0.05) is 6.07 Å². The number of nitrogens with zero attached hydrogens (tertiary/aromatic N) is 1. The van der Waals surface area contributed by atoms with Crippen LogP contribution >= 0.6 is 0 Å². The highest BCUT2D eigenvalue weighted by Crippen LogP contribution is 2.17. The molecular formula is C15H23NO3. The van der Waals surface area contributed by atoms with Crippen LogP contribution in [-0.2, 0) is 0 Å². The first-order chi connectivity index (χ1) is 9.08. The molecule has 0 spiro atoms. The van der Waals surface area contributed by atoms with Crippen molar-refractivity contribution in [3.05, 3.63) is 23.4 Å². The second-order valence-electron chi connectivity index (χ2n) is 4.82. The van der Waals surface area contributed by atoms with Crippen LogP contribution in [0.15, 0.2) is 12.1 Å². The van der Waals surface area contributed by atoms with Crippen LogP contribution in [0.25, 0.3) is 0 Å². The fraction of sp³-hybridized carbons (Fsp3) is 0.600. The molecule has 0 aliphatic rings. The summed E-state index contributed by atoms with van der Waals surface area (Å²) in [5.41, 5.74) is 0.719. The zero-order valence-electron chi connectivity index (χ0n) is 12.0. The van der Waals surface area contributed by atoms with Gasteiger partial charge >= 0.3 is 5.97 Å². The van der Waals surface area contributed by atoms with Crippen molar-refractivity contribution in [1.82, 2.24) is 4.98 Å². The van der Waals surface area contributed by atoms with Crippen LogP contribution < -0.4 is 4.74 Å². The molecule has 1 aromatic heterocycles. The number of carboxylic acid groups (broad SMARTS) is 1. The molecule has 106 valence electrons. The lowest BCUT2D eigenvalue weighted by atomic mass is 10.0. The summed E-state index contributed by atoms with van der Waals surface area (Å²) < 4.78 is 5.67. The van der Waals surface area contributed by atoms with E-state index in [4.69, 9.17) is 9.84 Å². The number of unbranched alkanes of at least 4 members (excludes halogenated alkanes) is 1. The second kappa shape index (κ2) is 7.77. The van der Waals surface area contributed by atoms with Crippen molar-refractivity contribution in [2.24, 2.45) is 5.92 Å². The van der Waals surface area contributed by atoms with Crippen LogP contribution in [-0.4, -0.2) is 22.7 Å². The van der Waals surface area contributed by atoms with Crippen LogP contribution in [0.1, 0.15) is 55.6 Å². The molecule has 0 radical (unpaired) electrons. The number of carboxylic acids is 1. The maximum atomic E-state index is 10.9. The second-order valence-corrected chi connectivity index (χ2v) is 4.82. The minimum absolute atomic E-state index is 0.227. The lowest BCUT2D eigenvalue weighted by Gasteiger charge is -2.15. The van der Waals surface area contributed by atoms with E-state index in [9.17, 15) is 4.79 Å². The minimum atomic E-state index is -0.953. The highest BCUT2D eigenvalue weighted by Gasteiger charge is 2.11. The van der Waals surface area contributed by atoms with Gasteiger partial charge in [-0.25, -0.2) is 9.78 Å². The van der Waals surface area contributed by atoms with E-state index in [-0.39, 0.29) is 5.56 Å². The van der Waals surface area contributed by atoms with E-state index >= 15 is 0 Å². The fourth-order valence-corrected chi connectivity index (χ4v) is 1.95. The van der Waals surface area contributed by atoms with Crippen molar-refractivity contribution in [3.8, 4) is 5.88 Å². The number of aryl methyl sites for hydroxylation is 1. The molecule has 1 unspecified atom stereocenters. The average molecular weight is 265 g/mol. The van der Waals surface area contributed by atoms with Crippen molar-refractivity contribution in [3.63, 3.8) is 0 Å². The zero-order valence-corrected chi connectivity index (χ0v) is 12.0. The quantitative estimate of drug-likeness (QED) is 0.778. The summed E-state index contributed by atoms with van der Waals surface area (Å²) in [5, 5.41) is 8.93. The molecule has 19 heavy (non-hydrogen) atoms. The Labute approximate surface area is 114 Å². The average Bonchev–Trinajstić information content (AvgIpc) is 2.38. The molecule has 0 fully saturated rings. The predicted octanol–water partition coefficient (Wildman–Crippen LogP) is 3.68. The summed E-state index contributed by atoms with van der Waals surface area (Å²) >= 11 is 0. The Bertz CT molecular complexity index is 418. The first-order valence-electron chi connectivity index (χ1n) is 6.92. The largest absolute Gasteiger partial charge is 0.478 e. The van der Waals surface area contributed by atoms with Gasteiger partial charge in [-0.2, -0.15) is 0 Å². The number of ether oxygens (including phenoxy) is 1. The van der Waals surface area contributed by atoms with Gasteiger partial charge in [0.15, 0.2) is 0 Å². The van der Waals surface area contributed by atoms with Gasteiger partial charge in [0.2, 0.25) is 5.88 Å². The first kappa shape index (κ1) is 15.5. The van der Waals surface area contributed by atoms with E-state index in [2.05, 4.69) is 18.8 Å². The van der Waals surface area contributed by atoms with Crippen molar-refractivity contribution >= 4 is 5.97 Å². The highest BCUT2D eigenvalue weighted by molar-refractivity contribution is 5.88. The van der Waals surface area contributed by atoms with E-state index in [1.165, 1.54) is 19.3 Å². The molecule has 0 saturated heterocycles. The molecule has 4 nitrogen and oxygen atoms in total. The van der Waals surface area contributed by atoms with Gasteiger partial charge < -0.3 is 9.84 Å². The first-order valence-corrected chi connectivity index (χ1v) is 6.92. The van der Waals surface area contributed by atoms with Gasteiger partial charge in [0.25, 0.3) is 0 Å². The monoisotopic (exact) mass is 265 g/mol. The smallest absolute Gasteiger partial charge is 0.337 e. The molecular weight excluding hydrogens is 242 g/mol. The van der Waals surface area contributed by atoms with Crippen LogP contribution in [0, 0.1) is 12.8 Å². The number of carbonyl (C=O) groups is 1. The Balaban J connectivity index is 2.57. The lowest BCUT2D eigenvalue weighted by molar-refractivity contribution is 0.0695. The van der Waals surface area contributed by atoms with Crippen LogP contribution in [0.2, 0.25) is 0 Å². The maximum Gasteiger partial charge on any atom is 0.337 e. The topological polar surface area (TPSA) is 59.4 Å². The Morgan fingerprint density at radius 2 is 2.16 bits per heavy atom. The van der Waals surface area contributed by atoms with Crippen LogP contribution in [0.4, 0.5) is 0 Å². The van der Waals surface area contributed by atoms with E-state index < -0.39 is 5.97 Å². The summed E-state index contributed by atoms with van der Waals surface area (Å²) in [7, 11) is 0. The number of hydrogen-bond donors (Lipinski definition) is 1. The van der Waals surface area contributed by atoms with Gasteiger partial charge in [0.05, 0.1) is 17.9 Å². The van der Waals surface area contributed by atoms with Gasteiger partial charge in [-0.3, -0.25) is 0 Å². The third kappa shape index (κ3) is 4.89. The van der Waals surface area contributed by atoms with E-state index in [0.29, 0.717) is 24.1 Å². The van der Waals surface area contributed by atoms with Crippen LogP contribution in [0.5, 0.6) is 5.88 Å². The normalized spacial score (nSPS) is 12.2. The lowest BCUT2D eigenvalue weighted by Crippen LogP contribution is -2.12. The SMILES string of the molecule is CCCCC(CC)COc1ccc(C(=O)O)c(C)n1. The summed E-state index contributed by atoms with van der Waals surface area (Å²) in [6.07, 6.45) is 4.67. The van der Waals surface area contributed by atoms with Crippen molar-refractivity contribution in [2.45, 2.75) is 46.5 Å². The number of aromatic nitrogens is 1. The molecule has 0 bridgehead atoms. The van der Waals surface area contributed by atoms with Crippen molar-refractivity contribution in [1.29, 1.82) is 0 Å². The van der Waals surface area contributed by atoms with Gasteiger partial charge in [-0.15, -0.1) is 0 Å². The third-order valence-corrected chi connectivity index (χ3v) is 3.30. The van der Waals surface area contributed by atoms with Crippen molar-refractivity contribution in [2.75, 3.05) is 6.61 Å². The molecule has 1 aromatic rings. The predicted molar refractivity (Wildman–Crippen MR) is 74.7 cm³/mol. The Kier molecular flexibility index (Phi) is 6.33. The number of hydrogen-bond acceptors (Lipinski definition) is 3. The van der Waals surface area contributed by atoms with E-state index in [0.717, 1.165) is 6.42 Å². The van der Waals surface area contributed by atoms with E-state index in [1.54, 1.807) is 19.1 Å². The standard InChI is InChI=1S/C15H23NO3/c1-4-6-7-12(5-2)10-19-14-9-8-13(15(17)18)11(3)16-14/h8-9,12H,4-7,10H2,1-3H3,(H,17,18). The molecule has 0 aliphatic heterocycles. The third-order valence-electron chi connectivity index (χ3n) is 3.30.